The standard InChI is InChI=1S/C19H32O17/c20-2-1-6(24)9(25)15(36-18-14(30)12(28)10(26)7(3-21)33-18)17(31)35-16-13(29)11(27)8(4-22)34-19(16)32-5-23/h5-8,10-14,16-22,24-31H,1-4H2/b15-9-. The van der Waals surface area contributed by atoms with Gasteiger partial charge < -0.3 is 79.9 Å². The number of hydrogen-bond donors (Lipinski definition) is 11. The molecule has 12 atom stereocenters. The molecule has 2 fully saturated rings. The molecule has 36 heavy (non-hydrogen) atoms. The van der Waals surface area contributed by atoms with Gasteiger partial charge in [-0.05, 0) is 0 Å². The van der Waals surface area contributed by atoms with Crippen molar-refractivity contribution in [2.75, 3.05) is 19.8 Å². The molecule has 12 unspecified atom stereocenters. The van der Waals surface area contributed by atoms with Gasteiger partial charge in [0.1, 0.15) is 48.8 Å². The normalized spacial score (nSPS) is 39.6. The van der Waals surface area contributed by atoms with Gasteiger partial charge in [-0.2, -0.15) is 0 Å². The SMILES string of the molecule is O=COC1OC(CO)C(O)C(O)C1OC(O)/C(OC1OC(CO)C(O)C(O)C1O)=C(/O)C(O)CCO. The Kier molecular flexibility index (Phi) is 11.6. The lowest BCUT2D eigenvalue weighted by molar-refractivity contribution is -0.327. The summed E-state index contributed by atoms with van der Waals surface area (Å²) in [4.78, 5) is 10.8. The van der Waals surface area contributed by atoms with Gasteiger partial charge in [-0.25, -0.2) is 0 Å². The van der Waals surface area contributed by atoms with E-state index < -0.39 is 112 Å². The molecule has 2 heterocycles. The Balaban J connectivity index is 2.35. The van der Waals surface area contributed by atoms with Crippen molar-refractivity contribution in [2.45, 2.75) is 80.2 Å². The molecule has 0 aromatic carbocycles. The smallest absolute Gasteiger partial charge is 0.295 e. The van der Waals surface area contributed by atoms with Gasteiger partial charge in [0, 0.05) is 13.0 Å². The molecule has 0 bridgehead atoms. The number of carbonyl (C=O) groups excluding carboxylic acids is 1. The van der Waals surface area contributed by atoms with Gasteiger partial charge in [-0.15, -0.1) is 0 Å². The molecule has 0 aliphatic carbocycles. The topological polar surface area (TPSA) is 286 Å². The highest BCUT2D eigenvalue weighted by Crippen LogP contribution is 2.30. The summed E-state index contributed by atoms with van der Waals surface area (Å²) in [5.74, 6) is -2.25. The van der Waals surface area contributed by atoms with Crippen LogP contribution in [0, 0.1) is 0 Å². The molecular weight excluding hydrogens is 500 g/mol. The van der Waals surface area contributed by atoms with E-state index in [9.17, 15) is 55.9 Å². The number of rotatable bonds is 12. The van der Waals surface area contributed by atoms with Gasteiger partial charge in [-0.1, -0.05) is 0 Å². The quantitative estimate of drug-likeness (QED) is 0.0632. The Hall–Kier alpha value is -1.71. The van der Waals surface area contributed by atoms with Gasteiger partial charge in [0.15, 0.2) is 17.6 Å². The summed E-state index contributed by atoms with van der Waals surface area (Å²) in [5.41, 5.74) is 0. The Morgan fingerprint density at radius 2 is 1.39 bits per heavy atom. The number of aliphatic hydroxyl groups excluding tert-OH is 11. The van der Waals surface area contributed by atoms with Crippen LogP contribution < -0.4 is 0 Å². The van der Waals surface area contributed by atoms with E-state index in [0.29, 0.717) is 0 Å². The number of aliphatic hydroxyl groups is 11. The maximum Gasteiger partial charge on any atom is 0.295 e. The molecule has 2 saturated heterocycles. The minimum atomic E-state index is -2.48. The number of carbonyl (C=O) groups is 1. The summed E-state index contributed by atoms with van der Waals surface area (Å²) in [6, 6.07) is 0. The summed E-state index contributed by atoms with van der Waals surface area (Å²) in [7, 11) is 0. The first kappa shape index (κ1) is 30.5. The molecule has 0 amide bonds. The first-order valence-electron chi connectivity index (χ1n) is 10.8. The van der Waals surface area contributed by atoms with Crippen LogP contribution in [0.2, 0.25) is 0 Å². The Bertz CT molecular complexity index is 718. The highest BCUT2D eigenvalue weighted by Gasteiger charge is 2.49. The van der Waals surface area contributed by atoms with Crippen LogP contribution in [0.25, 0.3) is 0 Å². The van der Waals surface area contributed by atoms with E-state index in [1.807, 2.05) is 0 Å². The zero-order valence-electron chi connectivity index (χ0n) is 18.7. The molecule has 2 aliphatic heterocycles. The van der Waals surface area contributed by atoms with Gasteiger partial charge in [0.25, 0.3) is 6.47 Å². The lowest BCUT2D eigenvalue weighted by Gasteiger charge is -2.42. The molecule has 17 nitrogen and oxygen atoms in total. The summed E-state index contributed by atoms with van der Waals surface area (Å²) >= 11 is 0. The van der Waals surface area contributed by atoms with Crippen molar-refractivity contribution in [3.8, 4) is 0 Å². The average Bonchev–Trinajstić information content (AvgIpc) is 2.86. The first-order chi connectivity index (χ1) is 17.0. The van der Waals surface area contributed by atoms with Crippen molar-refractivity contribution in [3.05, 3.63) is 11.5 Å². The zero-order chi connectivity index (χ0) is 27.2. The van der Waals surface area contributed by atoms with E-state index in [0.717, 1.165) is 0 Å². The molecule has 0 aromatic rings. The average molecular weight is 532 g/mol. The van der Waals surface area contributed by atoms with Crippen LogP contribution in [-0.4, -0.2) is 156 Å². The maximum absolute atomic E-state index is 10.8. The van der Waals surface area contributed by atoms with Gasteiger partial charge in [-0.3, -0.25) is 4.79 Å². The molecule has 0 saturated carbocycles. The van der Waals surface area contributed by atoms with E-state index >= 15 is 0 Å². The van der Waals surface area contributed by atoms with E-state index in [4.69, 9.17) is 24.1 Å². The third-order valence-electron chi connectivity index (χ3n) is 5.59. The zero-order valence-corrected chi connectivity index (χ0v) is 18.7. The molecule has 0 spiro atoms. The molecular formula is C19H32O17. The van der Waals surface area contributed by atoms with Crippen LogP contribution >= 0.6 is 0 Å². The van der Waals surface area contributed by atoms with E-state index in [2.05, 4.69) is 4.74 Å². The predicted molar refractivity (Wildman–Crippen MR) is 108 cm³/mol. The highest BCUT2D eigenvalue weighted by molar-refractivity contribution is 5.37. The van der Waals surface area contributed by atoms with E-state index in [1.54, 1.807) is 0 Å². The molecule has 2 rings (SSSR count). The molecule has 210 valence electrons. The van der Waals surface area contributed by atoms with Crippen molar-refractivity contribution < 1.29 is 84.7 Å². The summed E-state index contributed by atoms with van der Waals surface area (Å²) in [5, 5.41) is 109. The fourth-order valence-electron chi connectivity index (χ4n) is 3.53. The van der Waals surface area contributed by atoms with Gasteiger partial charge in [0.05, 0.1) is 13.2 Å². The Morgan fingerprint density at radius 3 is 1.92 bits per heavy atom. The predicted octanol–water partition coefficient (Wildman–Crippen LogP) is -6.37. The summed E-state index contributed by atoms with van der Waals surface area (Å²) in [6.45, 7) is -2.40. The van der Waals surface area contributed by atoms with Crippen molar-refractivity contribution in [3.63, 3.8) is 0 Å². The van der Waals surface area contributed by atoms with Crippen molar-refractivity contribution in [2.24, 2.45) is 0 Å². The van der Waals surface area contributed by atoms with Crippen molar-refractivity contribution >= 4 is 6.47 Å². The lowest BCUT2D eigenvalue weighted by atomic mass is 9.99. The summed E-state index contributed by atoms with van der Waals surface area (Å²) < 4.78 is 25.2. The van der Waals surface area contributed by atoms with E-state index in [-0.39, 0.29) is 6.47 Å². The van der Waals surface area contributed by atoms with Crippen LogP contribution in [-0.2, 0) is 28.5 Å². The van der Waals surface area contributed by atoms with Gasteiger partial charge >= 0.3 is 0 Å². The van der Waals surface area contributed by atoms with E-state index in [1.165, 1.54) is 0 Å². The third kappa shape index (κ3) is 6.78. The largest absolute Gasteiger partial charge is 0.506 e. The molecule has 2 aliphatic rings. The molecule has 0 radical (unpaired) electrons. The van der Waals surface area contributed by atoms with Crippen LogP contribution in [0.4, 0.5) is 0 Å². The first-order valence-corrected chi connectivity index (χ1v) is 10.8. The highest BCUT2D eigenvalue weighted by atomic mass is 16.8. The second-order valence-electron chi connectivity index (χ2n) is 7.98. The molecule has 0 aromatic heterocycles. The van der Waals surface area contributed by atoms with Crippen LogP contribution in [0.3, 0.4) is 0 Å². The number of ether oxygens (including phenoxy) is 5. The Morgan fingerprint density at radius 1 is 0.833 bits per heavy atom. The third-order valence-corrected chi connectivity index (χ3v) is 5.59. The molecule has 11 N–H and O–H groups in total. The number of hydrogen-bond acceptors (Lipinski definition) is 17. The minimum Gasteiger partial charge on any atom is -0.506 e. The van der Waals surface area contributed by atoms with Crippen molar-refractivity contribution in [1.82, 2.24) is 0 Å². The van der Waals surface area contributed by atoms with Gasteiger partial charge in [0.2, 0.25) is 18.9 Å². The van der Waals surface area contributed by atoms with Crippen LogP contribution in [0.5, 0.6) is 0 Å². The van der Waals surface area contributed by atoms with Crippen LogP contribution in [0.1, 0.15) is 6.42 Å². The second kappa shape index (κ2) is 13.7. The second-order valence-corrected chi connectivity index (χ2v) is 7.98. The Labute approximate surface area is 203 Å². The van der Waals surface area contributed by atoms with Crippen LogP contribution in [0.15, 0.2) is 11.5 Å². The lowest BCUT2D eigenvalue weighted by Crippen LogP contribution is -2.61. The summed E-state index contributed by atoms with van der Waals surface area (Å²) in [6.07, 6.45) is -22.8. The fraction of sp³-hybridized carbons (Fsp3) is 0.842. The maximum atomic E-state index is 10.8. The fourth-order valence-corrected chi connectivity index (χ4v) is 3.53. The van der Waals surface area contributed by atoms with Crippen molar-refractivity contribution in [1.29, 1.82) is 0 Å². The molecule has 17 heteroatoms. The minimum absolute atomic E-state index is 0.115. The monoisotopic (exact) mass is 532 g/mol.